The van der Waals surface area contributed by atoms with Crippen molar-refractivity contribution in [2.75, 3.05) is 0 Å². The summed E-state index contributed by atoms with van der Waals surface area (Å²) in [5, 5.41) is 8.31. The van der Waals surface area contributed by atoms with E-state index in [1.165, 1.54) is 0 Å². The van der Waals surface area contributed by atoms with Crippen molar-refractivity contribution in [1.29, 1.82) is 0 Å². The highest BCUT2D eigenvalue weighted by Gasteiger charge is 2.11. The van der Waals surface area contributed by atoms with Crippen LogP contribution in [0.2, 0.25) is 0 Å². The van der Waals surface area contributed by atoms with E-state index < -0.39 is 0 Å². The minimum atomic E-state index is 0. The first-order valence-electron chi connectivity index (χ1n) is 6.01. The molecule has 0 bridgehead atoms. The molecule has 22 heavy (non-hydrogen) atoms. The molecule has 0 fully saturated rings. The van der Waals surface area contributed by atoms with Crippen LogP contribution in [0.1, 0.15) is 0 Å². The molecule has 0 aromatic carbocycles. The van der Waals surface area contributed by atoms with Crippen LogP contribution in [0.3, 0.4) is 0 Å². The summed E-state index contributed by atoms with van der Waals surface area (Å²) in [5.74, 6) is 1.38. The average Bonchev–Trinajstić information content (AvgIpc) is 3.09. The molecule has 0 radical (unpaired) electrons. The number of hydrogen-bond donors (Lipinski definition) is 0. The second-order valence-electron chi connectivity index (χ2n) is 4.12. The maximum Gasteiger partial charge on any atom is 0.428 e. The first kappa shape index (κ1) is 16.2. The van der Waals surface area contributed by atoms with Gasteiger partial charge in [0.1, 0.15) is 37.2 Å². The summed E-state index contributed by atoms with van der Waals surface area (Å²) in [7, 11) is 0. The number of fused-ring (bicyclic) bond motifs is 2. The van der Waals surface area contributed by atoms with Crippen LogP contribution in [0.4, 0.5) is 0 Å². The zero-order valence-electron chi connectivity index (χ0n) is 11.1. The Morgan fingerprint density at radius 3 is 1.64 bits per heavy atom. The van der Waals surface area contributed by atoms with Gasteiger partial charge in [-0.15, -0.1) is 0 Å². The molecule has 0 aliphatic carbocycles. The van der Waals surface area contributed by atoms with Gasteiger partial charge in [-0.05, 0) is 0 Å². The quantitative estimate of drug-likeness (QED) is 0.237. The van der Waals surface area contributed by atoms with Gasteiger partial charge in [0.15, 0.2) is 0 Å². The van der Waals surface area contributed by atoms with Crippen molar-refractivity contribution in [3.8, 4) is 0 Å². The van der Waals surface area contributed by atoms with Crippen LogP contribution < -0.4 is 42.8 Å². The molecule has 10 heteroatoms. The van der Waals surface area contributed by atoms with Gasteiger partial charge in [0.2, 0.25) is 0 Å². The summed E-state index contributed by atoms with van der Waals surface area (Å²) in [4.78, 5) is 8.49. The van der Waals surface area contributed by atoms with E-state index in [0.717, 1.165) is 0 Å². The van der Waals surface area contributed by atoms with Gasteiger partial charge in [-0.3, -0.25) is 0 Å². The molecule has 0 saturated heterocycles. The molecule has 0 aliphatic heterocycles. The molecule has 0 unspecified atom stereocenters. The van der Waals surface area contributed by atoms with Crippen molar-refractivity contribution < 1.29 is 42.8 Å². The van der Waals surface area contributed by atoms with Gasteiger partial charge < -0.3 is 34.0 Å². The van der Waals surface area contributed by atoms with Crippen molar-refractivity contribution in [2.24, 2.45) is 10.4 Å². The maximum absolute atomic E-state index is 4.25. The molecular weight excluding hydrogens is 416 g/mol. The molecule has 0 spiro atoms. The predicted octanol–water partition coefficient (Wildman–Crippen LogP) is -5.76. The molecule has 0 amide bonds. The zero-order valence-corrected chi connectivity index (χ0v) is 14.3. The standard InChI is InChI=1S/C12H10N8.2BrH/c1-3-13-11-17(5-1)7-9-19(11)15-16-20-10-8-18-6-2-4-14-12(18)20;;/h1-10H;2*1H/q+2;;/p-2. The number of nitrogens with zero attached hydrogens (tertiary/aromatic N) is 8. The van der Waals surface area contributed by atoms with E-state index in [4.69, 9.17) is 0 Å². The van der Waals surface area contributed by atoms with Crippen LogP contribution in [0.15, 0.2) is 72.2 Å². The predicted molar refractivity (Wildman–Crippen MR) is 66.4 cm³/mol. The molecule has 4 aromatic heterocycles. The summed E-state index contributed by atoms with van der Waals surface area (Å²) < 4.78 is 6.92. The summed E-state index contributed by atoms with van der Waals surface area (Å²) >= 11 is 0. The first-order chi connectivity index (χ1) is 9.92. The Kier molecular flexibility index (Phi) is 4.93. The Labute approximate surface area is 145 Å². The van der Waals surface area contributed by atoms with Gasteiger partial charge in [-0.1, -0.05) is 19.3 Å². The van der Waals surface area contributed by atoms with Gasteiger partial charge >= 0.3 is 11.6 Å². The van der Waals surface area contributed by atoms with E-state index in [-0.39, 0.29) is 34.0 Å². The second-order valence-corrected chi connectivity index (χ2v) is 4.12. The maximum atomic E-state index is 4.25. The van der Waals surface area contributed by atoms with Gasteiger partial charge in [-0.25, -0.2) is 8.80 Å². The van der Waals surface area contributed by atoms with Crippen molar-refractivity contribution >= 4 is 11.6 Å². The topological polar surface area (TPSA) is 68.6 Å². The highest BCUT2D eigenvalue weighted by Crippen LogP contribution is 1.98. The molecule has 0 atom stereocenters. The molecule has 0 saturated carbocycles. The first-order valence-corrected chi connectivity index (χ1v) is 6.01. The SMILES string of the molecule is [Br-].[Br-].c1cnc2n(N=Nn3cc[n+]4cccnc34)cc[n+]2c1. The number of hydrogen-bond acceptors (Lipinski definition) is 4. The summed E-state index contributed by atoms with van der Waals surface area (Å²) in [5.41, 5.74) is 0. The molecule has 4 aromatic rings. The van der Waals surface area contributed by atoms with E-state index in [1.807, 2.05) is 45.7 Å². The van der Waals surface area contributed by atoms with E-state index in [0.29, 0.717) is 11.6 Å². The normalized spacial score (nSPS) is 10.7. The van der Waals surface area contributed by atoms with Gasteiger partial charge in [-0.2, -0.15) is 0 Å². The van der Waals surface area contributed by atoms with E-state index in [1.54, 1.807) is 34.1 Å². The molecule has 0 N–H and O–H groups in total. The fraction of sp³-hybridized carbons (Fsp3) is 0. The van der Waals surface area contributed by atoms with Crippen LogP contribution in [-0.2, 0) is 0 Å². The fourth-order valence-corrected chi connectivity index (χ4v) is 1.97. The minimum absolute atomic E-state index is 0. The average molecular weight is 426 g/mol. The molecule has 112 valence electrons. The van der Waals surface area contributed by atoms with Gasteiger partial charge in [0, 0.05) is 22.6 Å². The summed E-state index contributed by atoms with van der Waals surface area (Å²) in [6.45, 7) is 0. The monoisotopic (exact) mass is 424 g/mol. The Hall–Kier alpha value is -2.20. The van der Waals surface area contributed by atoms with Crippen molar-refractivity contribution in [2.45, 2.75) is 0 Å². The smallest absolute Gasteiger partial charge is 0.428 e. The Balaban J connectivity index is 0.000000882. The third-order valence-electron chi connectivity index (χ3n) is 2.89. The van der Waals surface area contributed by atoms with Crippen LogP contribution in [0, 0.1) is 0 Å². The number of imidazole rings is 2. The Morgan fingerprint density at radius 1 is 0.727 bits per heavy atom. The third kappa shape index (κ3) is 2.74. The van der Waals surface area contributed by atoms with Gasteiger partial charge in [0.25, 0.3) is 0 Å². The van der Waals surface area contributed by atoms with Crippen molar-refractivity contribution in [1.82, 2.24) is 19.3 Å². The van der Waals surface area contributed by atoms with Crippen molar-refractivity contribution in [3.05, 3.63) is 61.7 Å². The van der Waals surface area contributed by atoms with Crippen LogP contribution >= 0.6 is 0 Å². The molecule has 4 rings (SSSR count). The van der Waals surface area contributed by atoms with Gasteiger partial charge in [0.05, 0.1) is 12.4 Å². The third-order valence-corrected chi connectivity index (χ3v) is 2.89. The Bertz CT molecular complexity index is 853. The van der Waals surface area contributed by atoms with E-state index >= 15 is 0 Å². The van der Waals surface area contributed by atoms with Crippen LogP contribution in [0.25, 0.3) is 11.6 Å². The summed E-state index contributed by atoms with van der Waals surface area (Å²) in [6, 6.07) is 3.71. The van der Waals surface area contributed by atoms with E-state index in [2.05, 4.69) is 20.4 Å². The zero-order chi connectivity index (χ0) is 13.4. The largest absolute Gasteiger partial charge is 1.00 e. The fourth-order valence-electron chi connectivity index (χ4n) is 1.97. The molecule has 4 heterocycles. The highest BCUT2D eigenvalue weighted by atomic mass is 79.9. The highest BCUT2D eigenvalue weighted by molar-refractivity contribution is 5.17. The van der Waals surface area contributed by atoms with Crippen LogP contribution in [-0.4, -0.2) is 19.3 Å². The number of halogens is 2. The lowest BCUT2D eigenvalue weighted by atomic mass is 10.7. The summed E-state index contributed by atoms with van der Waals surface area (Å²) in [6.07, 6.45) is 14.5. The minimum Gasteiger partial charge on any atom is -1.00 e. The molecule has 0 aliphatic rings. The number of aromatic nitrogens is 6. The lowest BCUT2D eigenvalue weighted by Gasteiger charge is -1.86. The lowest BCUT2D eigenvalue weighted by molar-refractivity contribution is -0.513. The van der Waals surface area contributed by atoms with Crippen molar-refractivity contribution in [3.63, 3.8) is 0 Å². The molecular formula is C12H10Br2N8. The second kappa shape index (κ2) is 6.71. The van der Waals surface area contributed by atoms with Crippen LogP contribution in [0.5, 0.6) is 0 Å². The lowest BCUT2D eigenvalue weighted by Crippen LogP contribution is -3.00. The number of rotatable bonds is 2. The molecule has 8 nitrogen and oxygen atoms in total. The van der Waals surface area contributed by atoms with E-state index in [9.17, 15) is 0 Å². The Morgan fingerprint density at radius 2 is 1.18 bits per heavy atom.